The minimum atomic E-state index is -3.80. The van der Waals surface area contributed by atoms with Gasteiger partial charge in [0, 0.05) is 5.69 Å². The SMILES string of the molecule is CNS(=O)(=O)c1ccc(C)c(NC(=O)COc2ccc(S(=O)(=O)Nc3cc(C)ccc3C)cc2)c1. The fraction of sp³-hybridized carbons (Fsp3) is 0.208. The summed E-state index contributed by atoms with van der Waals surface area (Å²) in [6.07, 6.45) is 0. The van der Waals surface area contributed by atoms with Crippen molar-refractivity contribution < 1.29 is 26.4 Å². The van der Waals surface area contributed by atoms with Gasteiger partial charge in [-0.1, -0.05) is 18.2 Å². The van der Waals surface area contributed by atoms with Crippen molar-refractivity contribution in [2.75, 3.05) is 23.7 Å². The molecular weight excluding hydrogens is 490 g/mol. The third-order valence-corrected chi connectivity index (χ3v) is 8.00. The van der Waals surface area contributed by atoms with Crippen LogP contribution >= 0.6 is 0 Å². The van der Waals surface area contributed by atoms with Crippen LogP contribution in [0, 0.1) is 20.8 Å². The van der Waals surface area contributed by atoms with Crippen LogP contribution in [0.5, 0.6) is 5.75 Å². The summed E-state index contributed by atoms with van der Waals surface area (Å²) >= 11 is 0. The first-order valence-corrected chi connectivity index (χ1v) is 13.5. The average molecular weight is 518 g/mol. The molecule has 0 unspecified atom stereocenters. The van der Waals surface area contributed by atoms with Crippen LogP contribution in [0.25, 0.3) is 0 Å². The Morgan fingerprint density at radius 3 is 2.03 bits per heavy atom. The highest BCUT2D eigenvalue weighted by molar-refractivity contribution is 7.92. The van der Waals surface area contributed by atoms with E-state index in [0.717, 1.165) is 11.1 Å². The molecule has 9 nitrogen and oxygen atoms in total. The Bertz CT molecular complexity index is 1450. The Labute approximate surface area is 205 Å². The first kappa shape index (κ1) is 26.2. The highest BCUT2D eigenvalue weighted by atomic mass is 32.2. The Balaban J connectivity index is 1.64. The summed E-state index contributed by atoms with van der Waals surface area (Å²) in [4.78, 5) is 12.4. The lowest BCUT2D eigenvalue weighted by Gasteiger charge is -2.13. The van der Waals surface area contributed by atoms with Crippen molar-refractivity contribution in [3.05, 3.63) is 77.4 Å². The van der Waals surface area contributed by atoms with Gasteiger partial charge >= 0.3 is 0 Å². The molecule has 0 aromatic heterocycles. The number of ether oxygens (including phenoxy) is 1. The minimum absolute atomic E-state index is 0.0214. The third-order valence-electron chi connectivity index (χ3n) is 5.20. The zero-order valence-corrected chi connectivity index (χ0v) is 21.4. The van der Waals surface area contributed by atoms with Crippen molar-refractivity contribution in [1.82, 2.24) is 4.72 Å². The molecule has 0 saturated heterocycles. The molecule has 35 heavy (non-hydrogen) atoms. The maximum absolute atomic E-state index is 12.7. The maximum Gasteiger partial charge on any atom is 0.262 e. The smallest absolute Gasteiger partial charge is 0.262 e. The molecule has 0 radical (unpaired) electrons. The Morgan fingerprint density at radius 2 is 1.37 bits per heavy atom. The molecule has 3 rings (SSSR count). The molecule has 3 N–H and O–H groups in total. The Kier molecular flexibility index (Phi) is 7.83. The summed E-state index contributed by atoms with van der Waals surface area (Å²) in [5, 5.41) is 2.63. The van der Waals surface area contributed by atoms with Crippen molar-refractivity contribution >= 4 is 37.3 Å². The first-order chi connectivity index (χ1) is 16.4. The molecule has 0 spiro atoms. The van der Waals surface area contributed by atoms with Gasteiger partial charge in [0.05, 0.1) is 15.5 Å². The number of anilines is 2. The minimum Gasteiger partial charge on any atom is -0.484 e. The van der Waals surface area contributed by atoms with Gasteiger partial charge in [-0.2, -0.15) is 0 Å². The summed E-state index contributed by atoms with van der Waals surface area (Å²) in [6.45, 7) is 5.07. The molecule has 0 aliphatic heterocycles. The lowest BCUT2D eigenvalue weighted by Crippen LogP contribution is -2.22. The molecule has 1 amide bonds. The van der Waals surface area contributed by atoms with Crippen LogP contribution in [0.2, 0.25) is 0 Å². The molecule has 0 atom stereocenters. The number of aryl methyl sites for hydroxylation is 3. The van der Waals surface area contributed by atoms with Crippen LogP contribution in [-0.4, -0.2) is 36.4 Å². The Morgan fingerprint density at radius 1 is 0.771 bits per heavy atom. The molecule has 3 aromatic rings. The van der Waals surface area contributed by atoms with Crippen molar-refractivity contribution in [2.24, 2.45) is 0 Å². The van der Waals surface area contributed by atoms with Gasteiger partial charge in [-0.3, -0.25) is 9.52 Å². The van der Waals surface area contributed by atoms with Gasteiger partial charge in [0.2, 0.25) is 10.0 Å². The molecule has 186 valence electrons. The fourth-order valence-corrected chi connectivity index (χ4v) is 5.00. The second-order valence-electron chi connectivity index (χ2n) is 7.92. The second kappa shape index (κ2) is 10.5. The summed E-state index contributed by atoms with van der Waals surface area (Å²) in [6, 6.07) is 15.6. The van der Waals surface area contributed by atoms with Crippen LogP contribution in [0.1, 0.15) is 16.7 Å². The van der Waals surface area contributed by atoms with E-state index in [1.54, 1.807) is 19.1 Å². The van der Waals surface area contributed by atoms with Gasteiger partial charge < -0.3 is 10.1 Å². The Hall–Kier alpha value is -3.41. The number of sulfonamides is 2. The molecule has 0 aliphatic rings. The van der Waals surface area contributed by atoms with Gasteiger partial charge in [0.1, 0.15) is 5.75 Å². The number of benzene rings is 3. The van der Waals surface area contributed by atoms with Gasteiger partial charge in [0.15, 0.2) is 6.61 Å². The number of nitrogens with one attached hydrogen (secondary N) is 3. The standard InChI is InChI=1S/C24H27N3O6S2/c1-16-5-6-18(3)23(13-16)27-35(31,32)20-11-8-19(9-12-20)33-15-24(28)26-22-14-21(10-7-17(22)2)34(29,30)25-4/h5-14,25,27H,15H2,1-4H3,(H,26,28). The van der Waals surface area contributed by atoms with Crippen molar-refractivity contribution in [2.45, 2.75) is 30.6 Å². The first-order valence-electron chi connectivity index (χ1n) is 10.6. The lowest BCUT2D eigenvalue weighted by atomic mass is 10.1. The molecule has 3 aromatic carbocycles. The highest BCUT2D eigenvalue weighted by Gasteiger charge is 2.17. The number of hydrogen-bond donors (Lipinski definition) is 3. The largest absolute Gasteiger partial charge is 0.484 e. The predicted molar refractivity (Wildman–Crippen MR) is 135 cm³/mol. The monoisotopic (exact) mass is 517 g/mol. The quantitative estimate of drug-likeness (QED) is 0.399. The van der Waals surface area contributed by atoms with E-state index in [1.165, 1.54) is 43.4 Å². The summed E-state index contributed by atoms with van der Waals surface area (Å²) < 4.78 is 59.7. The average Bonchev–Trinajstić information content (AvgIpc) is 2.81. The molecule has 11 heteroatoms. The van der Waals surface area contributed by atoms with Crippen molar-refractivity contribution in [3.8, 4) is 5.75 Å². The van der Waals surface area contributed by atoms with Crippen LogP contribution < -0.4 is 19.5 Å². The van der Waals surface area contributed by atoms with Crippen LogP contribution in [-0.2, 0) is 24.8 Å². The van der Waals surface area contributed by atoms with Crippen molar-refractivity contribution in [3.63, 3.8) is 0 Å². The van der Waals surface area contributed by atoms with Crippen LogP contribution in [0.15, 0.2) is 70.5 Å². The highest BCUT2D eigenvalue weighted by Crippen LogP contribution is 2.23. The number of carbonyl (C=O) groups is 1. The molecular formula is C24H27N3O6S2. The zero-order valence-electron chi connectivity index (χ0n) is 19.7. The molecule has 0 fully saturated rings. The van der Waals surface area contributed by atoms with Gasteiger partial charge in [-0.05, 0) is 87.0 Å². The van der Waals surface area contributed by atoms with E-state index in [2.05, 4.69) is 14.8 Å². The van der Waals surface area contributed by atoms with E-state index in [9.17, 15) is 21.6 Å². The summed E-state index contributed by atoms with van der Waals surface area (Å²) in [7, 11) is -6.16. The van der Waals surface area contributed by atoms with E-state index in [-0.39, 0.29) is 16.4 Å². The molecule has 0 saturated carbocycles. The van der Waals surface area contributed by atoms with E-state index in [0.29, 0.717) is 22.7 Å². The summed E-state index contributed by atoms with van der Waals surface area (Å²) in [5.74, 6) is -0.200. The van der Waals surface area contributed by atoms with Crippen molar-refractivity contribution in [1.29, 1.82) is 0 Å². The molecule has 0 heterocycles. The van der Waals surface area contributed by atoms with Crippen LogP contribution in [0.3, 0.4) is 0 Å². The van der Waals surface area contributed by atoms with Gasteiger partial charge in [0.25, 0.3) is 15.9 Å². The normalized spacial score (nSPS) is 11.7. The van der Waals surface area contributed by atoms with E-state index in [1.807, 2.05) is 26.0 Å². The zero-order chi connectivity index (χ0) is 25.8. The molecule has 0 bridgehead atoms. The number of hydrogen-bond acceptors (Lipinski definition) is 6. The molecule has 0 aliphatic carbocycles. The van der Waals surface area contributed by atoms with E-state index >= 15 is 0 Å². The van der Waals surface area contributed by atoms with E-state index in [4.69, 9.17) is 4.74 Å². The van der Waals surface area contributed by atoms with Gasteiger partial charge in [-0.15, -0.1) is 0 Å². The summed E-state index contributed by atoms with van der Waals surface area (Å²) in [5.41, 5.74) is 3.26. The lowest BCUT2D eigenvalue weighted by molar-refractivity contribution is -0.118. The maximum atomic E-state index is 12.7. The topological polar surface area (TPSA) is 131 Å². The number of carbonyl (C=O) groups excluding carboxylic acids is 1. The number of amides is 1. The predicted octanol–water partition coefficient (Wildman–Crippen LogP) is 3.34. The van der Waals surface area contributed by atoms with Gasteiger partial charge in [-0.25, -0.2) is 21.6 Å². The van der Waals surface area contributed by atoms with Crippen LogP contribution in [0.4, 0.5) is 11.4 Å². The fourth-order valence-electron chi connectivity index (χ4n) is 3.12. The second-order valence-corrected chi connectivity index (χ2v) is 11.5. The van der Waals surface area contributed by atoms with E-state index < -0.39 is 26.0 Å². The number of rotatable bonds is 9. The third kappa shape index (κ3) is 6.59.